The molecule has 148 valence electrons. The third-order valence-corrected chi connectivity index (χ3v) is 4.79. The maximum absolute atomic E-state index is 10.4. The Morgan fingerprint density at radius 2 is 1.75 bits per heavy atom. The molecule has 1 unspecified atom stereocenters. The van der Waals surface area contributed by atoms with Crippen LogP contribution in [0, 0.1) is 5.92 Å². The van der Waals surface area contributed by atoms with Gasteiger partial charge >= 0.3 is 0 Å². The zero-order chi connectivity index (χ0) is 20.1. The molecule has 1 N–H and O–H groups in total. The molecule has 0 radical (unpaired) electrons. The number of aliphatic hydroxyl groups excluding tert-OH is 1. The number of benzene rings is 2. The van der Waals surface area contributed by atoms with Crippen LogP contribution in [0.4, 0.5) is 0 Å². The molecule has 3 aromatic rings. The van der Waals surface area contributed by atoms with Crippen LogP contribution in [-0.2, 0) is 11.2 Å². The molecule has 6 heteroatoms. The maximum Gasteiger partial charge on any atom is 0.0997 e. The summed E-state index contributed by atoms with van der Waals surface area (Å²) in [5.74, 6) is 0.433. The van der Waals surface area contributed by atoms with E-state index >= 15 is 0 Å². The highest BCUT2D eigenvalue weighted by Gasteiger charge is 2.15. The van der Waals surface area contributed by atoms with Crippen molar-refractivity contribution in [3.05, 3.63) is 70.6 Å². The molecule has 2 aromatic carbocycles. The second-order valence-electron chi connectivity index (χ2n) is 7.22. The van der Waals surface area contributed by atoms with Crippen LogP contribution in [0.15, 0.2) is 55.0 Å². The molecular weight excluding hydrogens is 395 g/mol. The van der Waals surface area contributed by atoms with E-state index in [2.05, 4.69) is 18.8 Å². The predicted octanol–water partition coefficient (Wildman–Crippen LogP) is 5.42. The van der Waals surface area contributed by atoms with Crippen molar-refractivity contribution < 1.29 is 9.84 Å². The number of aromatic nitrogens is 2. The highest BCUT2D eigenvalue weighted by Crippen LogP contribution is 2.29. The zero-order valence-electron chi connectivity index (χ0n) is 16.0. The summed E-state index contributed by atoms with van der Waals surface area (Å²) in [6.07, 6.45) is 3.41. The number of hydrogen-bond donors (Lipinski definition) is 1. The topological polar surface area (TPSA) is 47.3 Å². The van der Waals surface area contributed by atoms with Gasteiger partial charge in [-0.1, -0.05) is 43.1 Å². The van der Waals surface area contributed by atoms with E-state index in [1.165, 1.54) is 0 Å². The van der Waals surface area contributed by atoms with E-state index in [4.69, 9.17) is 27.9 Å². The molecule has 1 atom stereocenters. The quantitative estimate of drug-likeness (QED) is 0.530. The summed E-state index contributed by atoms with van der Waals surface area (Å²) in [5.41, 5.74) is 3.80. The summed E-state index contributed by atoms with van der Waals surface area (Å²) >= 11 is 12.2. The van der Waals surface area contributed by atoms with Crippen molar-refractivity contribution in [2.24, 2.45) is 5.92 Å². The third kappa shape index (κ3) is 5.36. The van der Waals surface area contributed by atoms with Gasteiger partial charge in [0, 0.05) is 34.3 Å². The Hall–Kier alpha value is -1.85. The molecule has 0 spiro atoms. The SMILES string of the molecule is CC(C)COCC(O)Cc1cc(Cl)ccc1-c1cncn1-c1ccc(Cl)cc1. The largest absolute Gasteiger partial charge is 0.390 e. The van der Waals surface area contributed by atoms with Gasteiger partial charge in [-0.25, -0.2) is 4.98 Å². The first-order valence-corrected chi connectivity index (χ1v) is 10.0. The smallest absolute Gasteiger partial charge is 0.0997 e. The van der Waals surface area contributed by atoms with E-state index in [1.54, 1.807) is 6.33 Å². The number of halogens is 2. The summed E-state index contributed by atoms with van der Waals surface area (Å²) in [6, 6.07) is 13.3. The minimum atomic E-state index is -0.608. The van der Waals surface area contributed by atoms with Crippen molar-refractivity contribution in [3.8, 4) is 16.9 Å². The molecular formula is C22H24Cl2N2O2. The molecule has 0 aliphatic rings. The lowest BCUT2D eigenvalue weighted by Gasteiger charge is -2.17. The molecule has 1 heterocycles. The predicted molar refractivity (Wildman–Crippen MR) is 114 cm³/mol. The highest BCUT2D eigenvalue weighted by atomic mass is 35.5. The van der Waals surface area contributed by atoms with Gasteiger partial charge in [0.25, 0.3) is 0 Å². The van der Waals surface area contributed by atoms with Crippen molar-refractivity contribution in [2.75, 3.05) is 13.2 Å². The fourth-order valence-corrected chi connectivity index (χ4v) is 3.36. The van der Waals surface area contributed by atoms with Crippen LogP contribution in [0.2, 0.25) is 10.0 Å². The molecule has 0 fully saturated rings. The van der Waals surface area contributed by atoms with Crippen LogP contribution in [0.5, 0.6) is 0 Å². The van der Waals surface area contributed by atoms with Gasteiger partial charge in [0.05, 0.1) is 30.9 Å². The highest BCUT2D eigenvalue weighted by molar-refractivity contribution is 6.31. The monoisotopic (exact) mass is 418 g/mol. The van der Waals surface area contributed by atoms with Crippen LogP contribution in [0.1, 0.15) is 19.4 Å². The van der Waals surface area contributed by atoms with Crippen LogP contribution in [-0.4, -0.2) is 34.0 Å². The van der Waals surface area contributed by atoms with Crippen LogP contribution in [0.3, 0.4) is 0 Å². The fraction of sp³-hybridized carbons (Fsp3) is 0.318. The van der Waals surface area contributed by atoms with Gasteiger partial charge in [0.15, 0.2) is 0 Å². The fourth-order valence-electron chi connectivity index (χ4n) is 3.04. The van der Waals surface area contributed by atoms with Gasteiger partial charge in [-0.15, -0.1) is 0 Å². The number of ether oxygens (including phenoxy) is 1. The lowest BCUT2D eigenvalue weighted by Crippen LogP contribution is -2.20. The number of hydrogen-bond acceptors (Lipinski definition) is 3. The molecule has 4 nitrogen and oxygen atoms in total. The van der Waals surface area contributed by atoms with Crippen LogP contribution >= 0.6 is 23.2 Å². The first-order chi connectivity index (χ1) is 13.4. The molecule has 0 aliphatic heterocycles. The Labute approximate surface area is 175 Å². The molecule has 1 aromatic heterocycles. The first kappa shape index (κ1) is 20.9. The van der Waals surface area contributed by atoms with Gasteiger partial charge in [-0.3, -0.25) is 4.57 Å². The molecule has 0 bridgehead atoms. The third-order valence-electron chi connectivity index (χ3n) is 4.30. The standard InChI is InChI=1S/C22H24Cl2N2O2/c1-15(2)12-28-13-20(27)10-16-9-18(24)5-8-21(16)22-11-25-14-26(22)19-6-3-17(23)4-7-19/h3-9,11,14-15,20,27H,10,12-13H2,1-2H3. The number of rotatable bonds is 8. The summed E-state index contributed by atoms with van der Waals surface area (Å²) < 4.78 is 7.57. The van der Waals surface area contributed by atoms with Crippen molar-refractivity contribution in [1.82, 2.24) is 9.55 Å². The van der Waals surface area contributed by atoms with Crippen molar-refractivity contribution in [3.63, 3.8) is 0 Å². The van der Waals surface area contributed by atoms with E-state index in [0.717, 1.165) is 22.5 Å². The van der Waals surface area contributed by atoms with E-state index in [1.807, 2.05) is 53.2 Å². The molecule has 0 aliphatic carbocycles. The van der Waals surface area contributed by atoms with Gasteiger partial charge in [0.2, 0.25) is 0 Å². The van der Waals surface area contributed by atoms with Crippen LogP contribution in [0.25, 0.3) is 16.9 Å². The van der Waals surface area contributed by atoms with Crippen molar-refractivity contribution >= 4 is 23.2 Å². The number of aliphatic hydroxyl groups is 1. The Morgan fingerprint density at radius 3 is 2.46 bits per heavy atom. The second-order valence-corrected chi connectivity index (χ2v) is 8.09. The van der Waals surface area contributed by atoms with Gasteiger partial charge < -0.3 is 9.84 Å². The average molecular weight is 419 g/mol. The van der Waals surface area contributed by atoms with E-state index < -0.39 is 6.10 Å². The molecule has 0 saturated heterocycles. The minimum Gasteiger partial charge on any atom is -0.390 e. The lowest BCUT2D eigenvalue weighted by atomic mass is 9.99. The lowest BCUT2D eigenvalue weighted by molar-refractivity contribution is 0.0262. The van der Waals surface area contributed by atoms with E-state index in [9.17, 15) is 5.11 Å². The van der Waals surface area contributed by atoms with E-state index in [-0.39, 0.29) is 0 Å². The van der Waals surface area contributed by atoms with Gasteiger partial charge in [0.1, 0.15) is 0 Å². The summed E-state index contributed by atoms with van der Waals surface area (Å²) in [6.45, 7) is 5.09. The first-order valence-electron chi connectivity index (χ1n) is 9.27. The summed E-state index contributed by atoms with van der Waals surface area (Å²) in [7, 11) is 0. The summed E-state index contributed by atoms with van der Waals surface area (Å²) in [5, 5.41) is 11.8. The summed E-state index contributed by atoms with van der Waals surface area (Å²) in [4.78, 5) is 4.32. The Morgan fingerprint density at radius 1 is 1.04 bits per heavy atom. The Balaban J connectivity index is 1.87. The zero-order valence-corrected chi connectivity index (χ0v) is 17.5. The van der Waals surface area contributed by atoms with Crippen LogP contribution < -0.4 is 0 Å². The minimum absolute atomic E-state index is 0.292. The molecule has 28 heavy (non-hydrogen) atoms. The average Bonchev–Trinajstić information content (AvgIpc) is 3.11. The van der Waals surface area contributed by atoms with E-state index in [0.29, 0.717) is 35.6 Å². The molecule has 0 amide bonds. The molecule has 0 saturated carbocycles. The molecule has 3 rings (SSSR count). The second kappa shape index (κ2) is 9.57. The van der Waals surface area contributed by atoms with Crippen molar-refractivity contribution in [2.45, 2.75) is 26.4 Å². The Kier molecular flexibility index (Phi) is 7.13. The maximum atomic E-state index is 10.4. The van der Waals surface area contributed by atoms with Gasteiger partial charge in [-0.05, 0) is 47.9 Å². The number of nitrogens with zero attached hydrogens (tertiary/aromatic N) is 2. The normalized spacial score (nSPS) is 12.5. The number of imidazole rings is 1. The van der Waals surface area contributed by atoms with Crippen molar-refractivity contribution in [1.29, 1.82) is 0 Å². The Bertz CT molecular complexity index is 907. The van der Waals surface area contributed by atoms with Gasteiger partial charge in [-0.2, -0.15) is 0 Å².